The van der Waals surface area contributed by atoms with Gasteiger partial charge in [0, 0.05) is 26.2 Å². The summed E-state index contributed by atoms with van der Waals surface area (Å²) in [4.78, 5) is 11.5. The van der Waals surface area contributed by atoms with E-state index in [1.807, 2.05) is 0 Å². The first kappa shape index (κ1) is 11.2. The van der Waals surface area contributed by atoms with E-state index in [4.69, 9.17) is 5.26 Å². The van der Waals surface area contributed by atoms with E-state index in [0.717, 1.165) is 12.8 Å². The SMILES string of the molecule is Cn1cc(C(=O)NCCCCC#N)cn1. The van der Waals surface area contributed by atoms with Gasteiger partial charge in [0.2, 0.25) is 0 Å². The van der Waals surface area contributed by atoms with Crippen LogP contribution in [0.25, 0.3) is 0 Å². The fraction of sp³-hybridized carbons (Fsp3) is 0.500. The van der Waals surface area contributed by atoms with Gasteiger partial charge in [-0.3, -0.25) is 9.48 Å². The van der Waals surface area contributed by atoms with Crippen molar-refractivity contribution in [1.82, 2.24) is 15.1 Å². The minimum atomic E-state index is -0.111. The monoisotopic (exact) mass is 206 g/mol. The lowest BCUT2D eigenvalue weighted by Gasteiger charge is -2.01. The lowest BCUT2D eigenvalue weighted by atomic mass is 10.2. The minimum absolute atomic E-state index is 0.111. The Labute approximate surface area is 88.7 Å². The summed E-state index contributed by atoms with van der Waals surface area (Å²) in [5, 5.41) is 15.0. The van der Waals surface area contributed by atoms with Crippen molar-refractivity contribution in [1.29, 1.82) is 5.26 Å². The van der Waals surface area contributed by atoms with Gasteiger partial charge in [-0.25, -0.2) is 0 Å². The van der Waals surface area contributed by atoms with Crippen LogP contribution >= 0.6 is 0 Å². The van der Waals surface area contributed by atoms with Gasteiger partial charge < -0.3 is 5.32 Å². The highest BCUT2D eigenvalue weighted by molar-refractivity contribution is 5.93. The van der Waals surface area contributed by atoms with E-state index < -0.39 is 0 Å². The van der Waals surface area contributed by atoms with Crippen LogP contribution in [0, 0.1) is 11.3 Å². The van der Waals surface area contributed by atoms with Crippen molar-refractivity contribution in [2.75, 3.05) is 6.54 Å². The van der Waals surface area contributed by atoms with E-state index in [9.17, 15) is 4.79 Å². The van der Waals surface area contributed by atoms with Crippen LogP contribution < -0.4 is 5.32 Å². The van der Waals surface area contributed by atoms with Crippen LogP contribution in [-0.2, 0) is 7.05 Å². The molecule has 0 saturated carbocycles. The number of aryl methyl sites for hydroxylation is 1. The molecule has 0 spiro atoms. The highest BCUT2D eigenvalue weighted by Gasteiger charge is 2.05. The van der Waals surface area contributed by atoms with Crippen LogP contribution in [0.4, 0.5) is 0 Å². The molecular weight excluding hydrogens is 192 g/mol. The standard InChI is InChI=1S/C10H14N4O/c1-14-8-9(7-13-14)10(15)12-6-4-2-3-5-11/h7-8H,2-4,6H2,1H3,(H,12,15). The van der Waals surface area contributed by atoms with Crippen molar-refractivity contribution in [2.24, 2.45) is 7.05 Å². The largest absolute Gasteiger partial charge is 0.352 e. The van der Waals surface area contributed by atoms with Crippen LogP contribution in [0.5, 0.6) is 0 Å². The number of aromatic nitrogens is 2. The molecule has 1 amide bonds. The predicted octanol–water partition coefficient (Wildman–Crippen LogP) is 0.844. The molecule has 15 heavy (non-hydrogen) atoms. The van der Waals surface area contributed by atoms with Gasteiger partial charge in [-0.05, 0) is 12.8 Å². The van der Waals surface area contributed by atoms with E-state index in [0.29, 0.717) is 18.5 Å². The summed E-state index contributed by atoms with van der Waals surface area (Å²) in [5.74, 6) is -0.111. The Morgan fingerprint density at radius 3 is 3.07 bits per heavy atom. The van der Waals surface area contributed by atoms with E-state index in [1.165, 1.54) is 6.20 Å². The summed E-state index contributed by atoms with van der Waals surface area (Å²) >= 11 is 0. The van der Waals surface area contributed by atoms with Gasteiger partial charge in [-0.1, -0.05) is 0 Å². The molecule has 5 heteroatoms. The molecule has 80 valence electrons. The summed E-state index contributed by atoms with van der Waals surface area (Å²) in [6.45, 7) is 0.607. The molecule has 5 nitrogen and oxygen atoms in total. The molecule has 1 heterocycles. The molecule has 0 aliphatic carbocycles. The number of nitriles is 1. The van der Waals surface area contributed by atoms with Crippen molar-refractivity contribution in [3.63, 3.8) is 0 Å². The minimum Gasteiger partial charge on any atom is -0.352 e. The molecule has 1 N–H and O–H groups in total. The molecule has 1 aromatic rings. The topological polar surface area (TPSA) is 70.7 Å². The average molecular weight is 206 g/mol. The third kappa shape index (κ3) is 3.81. The first-order chi connectivity index (χ1) is 7.24. The Kier molecular flexibility index (Phi) is 4.35. The van der Waals surface area contributed by atoms with Gasteiger partial charge in [0.15, 0.2) is 0 Å². The Balaban J connectivity index is 2.23. The van der Waals surface area contributed by atoms with E-state index in [-0.39, 0.29) is 5.91 Å². The van der Waals surface area contributed by atoms with Crippen LogP contribution in [0.15, 0.2) is 12.4 Å². The zero-order chi connectivity index (χ0) is 11.1. The fourth-order valence-electron chi connectivity index (χ4n) is 1.17. The Bertz CT molecular complexity index is 364. The van der Waals surface area contributed by atoms with Crippen molar-refractivity contribution in [2.45, 2.75) is 19.3 Å². The number of rotatable bonds is 5. The number of carbonyl (C=O) groups excluding carboxylic acids is 1. The zero-order valence-electron chi connectivity index (χ0n) is 8.73. The van der Waals surface area contributed by atoms with Crippen molar-refractivity contribution < 1.29 is 4.79 Å². The van der Waals surface area contributed by atoms with Crippen LogP contribution in [0.3, 0.4) is 0 Å². The molecule has 0 aromatic carbocycles. The second kappa shape index (κ2) is 5.81. The summed E-state index contributed by atoms with van der Waals surface area (Å²) in [6.07, 6.45) is 5.40. The molecular formula is C10H14N4O. The summed E-state index contributed by atoms with van der Waals surface area (Å²) in [5.41, 5.74) is 0.567. The number of amides is 1. The molecule has 0 bridgehead atoms. The maximum atomic E-state index is 11.5. The van der Waals surface area contributed by atoms with Gasteiger partial charge in [0.25, 0.3) is 5.91 Å². The highest BCUT2D eigenvalue weighted by Crippen LogP contribution is 1.96. The maximum Gasteiger partial charge on any atom is 0.254 e. The molecule has 0 aliphatic rings. The second-order valence-corrected chi connectivity index (χ2v) is 3.27. The number of hydrogen-bond acceptors (Lipinski definition) is 3. The third-order valence-corrected chi connectivity index (χ3v) is 1.97. The van der Waals surface area contributed by atoms with E-state index in [1.54, 1.807) is 17.9 Å². The maximum absolute atomic E-state index is 11.5. The van der Waals surface area contributed by atoms with Crippen molar-refractivity contribution in [3.05, 3.63) is 18.0 Å². The van der Waals surface area contributed by atoms with Gasteiger partial charge in [0.1, 0.15) is 0 Å². The summed E-state index contributed by atoms with van der Waals surface area (Å²) < 4.78 is 1.59. The highest BCUT2D eigenvalue weighted by atomic mass is 16.1. The lowest BCUT2D eigenvalue weighted by molar-refractivity contribution is 0.0953. The smallest absolute Gasteiger partial charge is 0.254 e. The molecule has 0 aliphatic heterocycles. The predicted molar refractivity (Wildman–Crippen MR) is 55.0 cm³/mol. The molecule has 0 atom stereocenters. The normalized spacial score (nSPS) is 9.60. The Morgan fingerprint density at radius 1 is 1.67 bits per heavy atom. The fourth-order valence-corrected chi connectivity index (χ4v) is 1.17. The van der Waals surface area contributed by atoms with Gasteiger partial charge in [-0.15, -0.1) is 0 Å². The molecule has 0 saturated heterocycles. The number of hydrogen-bond donors (Lipinski definition) is 1. The second-order valence-electron chi connectivity index (χ2n) is 3.27. The van der Waals surface area contributed by atoms with Gasteiger partial charge >= 0.3 is 0 Å². The average Bonchev–Trinajstić information content (AvgIpc) is 2.64. The van der Waals surface area contributed by atoms with Gasteiger partial charge in [-0.2, -0.15) is 10.4 Å². The number of carbonyl (C=O) groups is 1. The quantitative estimate of drug-likeness (QED) is 0.726. The molecule has 0 fully saturated rings. The number of nitrogens with one attached hydrogen (secondary N) is 1. The van der Waals surface area contributed by atoms with Crippen LogP contribution in [0.2, 0.25) is 0 Å². The zero-order valence-corrected chi connectivity index (χ0v) is 8.73. The molecule has 0 unspecified atom stereocenters. The van der Waals surface area contributed by atoms with Crippen molar-refractivity contribution in [3.8, 4) is 6.07 Å². The van der Waals surface area contributed by atoms with Crippen LogP contribution in [-0.4, -0.2) is 22.2 Å². The Hall–Kier alpha value is -1.83. The van der Waals surface area contributed by atoms with E-state index in [2.05, 4.69) is 16.5 Å². The molecule has 1 rings (SSSR count). The van der Waals surface area contributed by atoms with Crippen LogP contribution in [0.1, 0.15) is 29.6 Å². The number of nitrogens with zero attached hydrogens (tertiary/aromatic N) is 3. The first-order valence-corrected chi connectivity index (χ1v) is 4.88. The van der Waals surface area contributed by atoms with Crippen molar-refractivity contribution >= 4 is 5.91 Å². The van der Waals surface area contributed by atoms with Gasteiger partial charge in [0.05, 0.1) is 17.8 Å². The molecule has 0 radical (unpaired) electrons. The van der Waals surface area contributed by atoms with E-state index >= 15 is 0 Å². The third-order valence-electron chi connectivity index (χ3n) is 1.97. The summed E-state index contributed by atoms with van der Waals surface area (Å²) in [6, 6.07) is 2.06. The summed E-state index contributed by atoms with van der Waals surface area (Å²) in [7, 11) is 1.77. The first-order valence-electron chi connectivity index (χ1n) is 4.88. The number of unbranched alkanes of at least 4 members (excludes halogenated alkanes) is 2. The Morgan fingerprint density at radius 2 is 2.47 bits per heavy atom. The molecule has 1 aromatic heterocycles. The lowest BCUT2D eigenvalue weighted by Crippen LogP contribution is -2.23.